The number of hydrogen-bond acceptors (Lipinski definition) is 6. The largest absolute Gasteiger partial charge is 0.373 e. The maximum Gasteiger partial charge on any atom is 0.360 e. The van der Waals surface area contributed by atoms with Gasteiger partial charge in [-0.15, -0.1) is 0 Å². The molecule has 168 valence electrons. The fourth-order valence-corrected chi connectivity index (χ4v) is 4.32. The first-order valence-electron chi connectivity index (χ1n) is 10.5. The van der Waals surface area contributed by atoms with Crippen molar-refractivity contribution in [3.05, 3.63) is 98.6 Å². The Morgan fingerprint density at radius 1 is 1.03 bits per heavy atom. The zero-order chi connectivity index (χ0) is 23.8. The first kappa shape index (κ1) is 22.4. The third kappa shape index (κ3) is 4.03. The highest BCUT2D eigenvalue weighted by Crippen LogP contribution is 2.49. The summed E-state index contributed by atoms with van der Waals surface area (Å²) in [5.74, 6) is -0.593. The molecule has 1 aliphatic rings. The molecular formula is C26H24N2O5. The monoisotopic (exact) mass is 444 g/mol. The number of nitro benzene ring substituents is 1. The van der Waals surface area contributed by atoms with Gasteiger partial charge in [-0.05, 0) is 46.9 Å². The molecule has 0 atom stereocenters. The number of fused-ring (bicyclic) bond motifs is 3. The van der Waals surface area contributed by atoms with E-state index in [2.05, 4.69) is 5.16 Å². The van der Waals surface area contributed by atoms with E-state index in [4.69, 9.17) is 9.57 Å². The van der Waals surface area contributed by atoms with E-state index >= 15 is 0 Å². The standard InChI is InChI=1S/C26H24N2O5/c1-16-7-5-6-8-19(16)25(27-33-24(29)15-32-4)17-9-11-20-21-12-10-18(28(30)31)14-23(21)26(2,3)22(20)13-17/h5-14H,15H2,1-4H3/b27-25-. The molecule has 0 heterocycles. The van der Waals surface area contributed by atoms with Crippen molar-refractivity contribution in [3.63, 3.8) is 0 Å². The van der Waals surface area contributed by atoms with Gasteiger partial charge in [0.25, 0.3) is 5.69 Å². The number of ether oxygens (including phenoxy) is 1. The maximum absolute atomic E-state index is 11.9. The van der Waals surface area contributed by atoms with E-state index in [1.54, 1.807) is 6.07 Å². The van der Waals surface area contributed by atoms with E-state index in [9.17, 15) is 14.9 Å². The van der Waals surface area contributed by atoms with Gasteiger partial charge in [-0.2, -0.15) is 0 Å². The summed E-state index contributed by atoms with van der Waals surface area (Å²) in [5.41, 5.74) is 6.69. The maximum atomic E-state index is 11.9. The number of aryl methyl sites for hydroxylation is 1. The van der Waals surface area contributed by atoms with Crippen LogP contribution in [0.2, 0.25) is 0 Å². The lowest BCUT2D eigenvalue weighted by atomic mass is 9.81. The third-order valence-corrected chi connectivity index (χ3v) is 6.04. The van der Waals surface area contributed by atoms with Crippen LogP contribution in [0.3, 0.4) is 0 Å². The number of carbonyl (C=O) groups is 1. The summed E-state index contributed by atoms with van der Waals surface area (Å²) in [7, 11) is 1.41. The molecule has 0 saturated carbocycles. The summed E-state index contributed by atoms with van der Waals surface area (Å²) in [4.78, 5) is 28.0. The van der Waals surface area contributed by atoms with Crippen molar-refractivity contribution < 1.29 is 19.3 Å². The molecule has 0 spiro atoms. The van der Waals surface area contributed by atoms with E-state index in [-0.39, 0.29) is 17.2 Å². The second kappa shape index (κ2) is 8.60. The second-order valence-corrected chi connectivity index (χ2v) is 8.52. The summed E-state index contributed by atoms with van der Waals surface area (Å²) in [5, 5.41) is 15.5. The van der Waals surface area contributed by atoms with Gasteiger partial charge in [-0.25, -0.2) is 4.79 Å². The molecule has 33 heavy (non-hydrogen) atoms. The van der Waals surface area contributed by atoms with Crippen molar-refractivity contribution >= 4 is 17.4 Å². The van der Waals surface area contributed by atoms with Crippen LogP contribution in [0, 0.1) is 17.0 Å². The van der Waals surface area contributed by atoms with Crippen LogP contribution in [0.1, 0.15) is 41.7 Å². The number of rotatable bonds is 6. The lowest BCUT2D eigenvalue weighted by Gasteiger charge is -2.22. The number of carbonyl (C=O) groups excluding carboxylic acids is 1. The summed E-state index contributed by atoms with van der Waals surface area (Å²) in [6.45, 7) is 5.87. The molecule has 7 nitrogen and oxygen atoms in total. The van der Waals surface area contributed by atoms with Gasteiger partial charge in [0.2, 0.25) is 0 Å². The molecular weight excluding hydrogens is 420 g/mol. The second-order valence-electron chi connectivity index (χ2n) is 8.52. The van der Waals surface area contributed by atoms with Crippen molar-refractivity contribution in [2.24, 2.45) is 5.16 Å². The molecule has 3 aromatic carbocycles. The first-order chi connectivity index (χ1) is 15.7. The Morgan fingerprint density at radius 3 is 2.36 bits per heavy atom. The molecule has 3 aromatic rings. The van der Waals surface area contributed by atoms with E-state index in [0.717, 1.165) is 38.9 Å². The number of oxime groups is 1. The van der Waals surface area contributed by atoms with E-state index < -0.39 is 11.4 Å². The van der Waals surface area contributed by atoms with Gasteiger partial charge in [0.15, 0.2) is 0 Å². The van der Waals surface area contributed by atoms with Crippen LogP contribution in [0.25, 0.3) is 11.1 Å². The Morgan fingerprint density at radius 2 is 1.70 bits per heavy atom. The molecule has 0 radical (unpaired) electrons. The van der Waals surface area contributed by atoms with Gasteiger partial charge in [0, 0.05) is 35.8 Å². The van der Waals surface area contributed by atoms with Crippen molar-refractivity contribution in [1.29, 1.82) is 0 Å². The zero-order valence-electron chi connectivity index (χ0n) is 18.9. The Hall–Kier alpha value is -3.84. The highest BCUT2D eigenvalue weighted by molar-refractivity contribution is 6.14. The highest BCUT2D eigenvalue weighted by Gasteiger charge is 2.37. The molecule has 0 saturated heterocycles. The molecule has 0 amide bonds. The SMILES string of the molecule is COCC(=O)O/N=C(/c1ccc2c(c1)C(C)(C)c1cc([N+](=O)[O-])ccc1-2)c1ccccc1C. The highest BCUT2D eigenvalue weighted by atomic mass is 16.7. The number of non-ortho nitro benzene ring substituents is 1. The van der Waals surface area contributed by atoms with E-state index in [1.165, 1.54) is 13.2 Å². The quantitative estimate of drug-likeness (QED) is 0.227. The van der Waals surface area contributed by atoms with Crippen LogP contribution in [0.5, 0.6) is 0 Å². The number of methoxy groups -OCH3 is 1. The molecule has 0 aromatic heterocycles. The van der Waals surface area contributed by atoms with Crippen LogP contribution in [0.15, 0.2) is 65.8 Å². The number of nitro groups is 1. The number of hydrogen-bond donors (Lipinski definition) is 0. The number of benzene rings is 3. The molecule has 1 aliphatic carbocycles. The number of nitrogens with zero attached hydrogens (tertiary/aromatic N) is 2. The van der Waals surface area contributed by atoms with Crippen LogP contribution >= 0.6 is 0 Å². The van der Waals surface area contributed by atoms with Crippen LogP contribution in [-0.4, -0.2) is 30.3 Å². The molecule has 0 fully saturated rings. The topological polar surface area (TPSA) is 91.0 Å². The van der Waals surface area contributed by atoms with Gasteiger partial charge in [-0.1, -0.05) is 55.4 Å². The average Bonchev–Trinajstić information content (AvgIpc) is 3.01. The fourth-order valence-electron chi connectivity index (χ4n) is 4.32. The summed E-state index contributed by atoms with van der Waals surface area (Å²) in [6, 6.07) is 18.7. The molecule has 7 heteroatoms. The van der Waals surface area contributed by atoms with Gasteiger partial charge >= 0.3 is 5.97 Å². The molecule has 0 aliphatic heterocycles. The predicted octanol–water partition coefficient (Wildman–Crippen LogP) is 5.15. The van der Waals surface area contributed by atoms with Gasteiger partial charge in [0.1, 0.15) is 12.3 Å². The minimum Gasteiger partial charge on any atom is -0.373 e. The van der Waals surface area contributed by atoms with Crippen LogP contribution in [-0.2, 0) is 19.8 Å². The summed E-state index contributed by atoms with van der Waals surface area (Å²) >= 11 is 0. The minimum atomic E-state index is -0.593. The van der Waals surface area contributed by atoms with Crippen molar-refractivity contribution in [1.82, 2.24) is 0 Å². The zero-order valence-corrected chi connectivity index (χ0v) is 18.9. The predicted molar refractivity (Wildman–Crippen MR) is 125 cm³/mol. The summed E-state index contributed by atoms with van der Waals surface area (Å²) < 4.78 is 4.83. The van der Waals surface area contributed by atoms with E-state index in [1.807, 2.05) is 69.3 Å². The Labute approximate surface area is 191 Å². The van der Waals surface area contributed by atoms with Crippen LogP contribution in [0.4, 0.5) is 5.69 Å². The Bertz CT molecular complexity index is 1290. The van der Waals surface area contributed by atoms with Crippen molar-refractivity contribution in [2.75, 3.05) is 13.7 Å². The normalized spacial score (nSPS) is 13.9. The lowest BCUT2D eigenvalue weighted by molar-refractivity contribution is -0.384. The first-order valence-corrected chi connectivity index (χ1v) is 10.5. The Kier molecular flexibility index (Phi) is 5.82. The van der Waals surface area contributed by atoms with Gasteiger partial charge in [0.05, 0.1) is 4.92 Å². The van der Waals surface area contributed by atoms with Crippen molar-refractivity contribution in [3.8, 4) is 11.1 Å². The molecule has 4 rings (SSSR count). The molecule has 0 N–H and O–H groups in total. The third-order valence-electron chi connectivity index (χ3n) is 6.04. The summed E-state index contributed by atoms with van der Waals surface area (Å²) in [6.07, 6.45) is 0. The molecule has 0 bridgehead atoms. The average molecular weight is 444 g/mol. The smallest absolute Gasteiger partial charge is 0.360 e. The van der Waals surface area contributed by atoms with Crippen LogP contribution < -0.4 is 0 Å². The van der Waals surface area contributed by atoms with Crippen molar-refractivity contribution in [2.45, 2.75) is 26.2 Å². The minimum absolute atomic E-state index is 0.0714. The van der Waals surface area contributed by atoms with E-state index in [0.29, 0.717) is 5.71 Å². The van der Waals surface area contributed by atoms with Gasteiger partial charge in [-0.3, -0.25) is 10.1 Å². The fraction of sp³-hybridized carbons (Fsp3) is 0.231. The lowest BCUT2D eigenvalue weighted by Crippen LogP contribution is -2.17. The molecule has 0 unspecified atom stereocenters. The Balaban J connectivity index is 1.84. The van der Waals surface area contributed by atoms with Gasteiger partial charge < -0.3 is 9.57 Å².